The fourth-order valence-electron chi connectivity index (χ4n) is 2.70. The number of likely N-dealkylation sites (N-methyl/N-ethyl adjacent to an activating group) is 1. The summed E-state index contributed by atoms with van der Waals surface area (Å²) >= 11 is 0. The molecule has 2 N–H and O–H groups in total. The number of benzene rings is 1. The van der Waals surface area contributed by atoms with Crippen LogP contribution in [-0.4, -0.2) is 40.0 Å². The van der Waals surface area contributed by atoms with E-state index in [1.54, 1.807) is 26.0 Å². The number of nitrogen functional groups attached to an aromatic ring is 1. The summed E-state index contributed by atoms with van der Waals surface area (Å²) in [6, 6.07) is 6.92. The van der Waals surface area contributed by atoms with Crippen molar-refractivity contribution in [1.82, 2.24) is 14.0 Å². The molecule has 0 saturated carbocycles. The topological polar surface area (TPSA) is 99.6 Å². The second-order valence-corrected chi connectivity index (χ2v) is 6.27. The third-order valence-electron chi connectivity index (χ3n) is 4.56. The molecule has 0 aliphatic carbocycles. The highest BCUT2D eigenvalue weighted by Crippen LogP contribution is 2.16. The van der Waals surface area contributed by atoms with Crippen molar-refractivity contribution in [3.8, 4) is 5.75 Å². The van der Waals surface area contributed by atoms with E-state index in [-0.39, 0.29) is 11.4 Å². The van der Waals surface area contributed by atoms with Crippen LogP contribution in [0.3, 0.4) is 0 Å². The van der Waals surface area contributed by atoms with Gasteiger partial charge < -0.3 is 10.5 Å². The Kier molecular flexibility index (Phi) is 5.66. The fourth-order valence-corrected chi connectivity index (χ4v) is 2.70. The van der Waals surface area contributed by atoms with Crippen molar-refractivity contribution < 1.29 is 9.53 Å². The minimum atomic E-state index is -0.683. The number of nitrogens with zero attached hydrogens (tertiary/aromatic N) is 3. The fraction of sp³-hybridized carbons (Fsp3) is 0.389. The molecule has 8 heteroatoms. The minimum absolute atomic E-state index is 0.121. The van der Waals surface area contributed by atoms with Crippen molar-refractivity contribution in [3.63, 3.8) is 0 Å². The second-order valence-electron chi connectivity index (χ2n) is 6.27. The van der Waals surface area contributed by atoms with E-state index in [0.717, 1.165) is 20.4 Å². The van der Waals surface area contributed by atoms with Gasteiger partial charge in [0.1, 0.15) is 17.1 Å². The average Bonchev–Trinajstić information content (AvgIpc) is 2.64. The third-order valence-corrected chi connectivity index (χ3v) is 4.56. The molecule has 1 aromatic carbocycles. The zero-order valence-electron chi connectivity index (χ0n) is 15.6. The van der Waals surface area contributed by atoms with Crippen LogP contribution in [-0.2, 0) is 20.6 Å². The highest BCUT2D eigenvalue weighted by molar-refractivity contribution is 6.03. The lowest BCUT2D eigenvalue weighted by molar-refractivity contribution is 0.0860. The molecule has 0 radical (unpaired) electrons. The Morgan fingerprint density at radius 3 is 2.54 bits per heavy atom. The zero-order chi connectivity index (χ0) is 19.6. The van der Waals surface area contributed by atoms with Gasteiger partial charge in [-0.15, -0.1) is 0 Å². The van der Waals surface area contributed by atoms with E-state index < -0.39 is 23.1 Å². The summed E-state index contributed by atoms with van der Waals surface area (Å²) in [5.41, 5.74) is 5.42. The average molecular weight is 360 g/mol. The lowest BCUT2D eigenvalue weighted by Gasteiger charge is -2.24. The summed E-state index contributed by atoms with van der Waals surface area (Å²) in [4.78, 5) is 39.0. The van der Waals surface area contributed by atoms with Crippen molar-refractivity contribution in [2.75, 3.05) is 19.9 Å². The SMILES string of the molecule is COc1cccc(CN(C)[C@@H](C)C(=O)c2c(N)n(C)c(=O)n(C)c2=O)c1. The number of nitrogens with two attached hydrogens (primary N) is 1. The van der Waals surface area contributed by atoms with Gasteiger partial charge in [-0.1, -0.05) is 12.1 Å². The summed E-state index contributed by atoms with van der Waals surface area (Å²) in [6.45, 7) is 2.18. The van der Waals surface area contributed by atoms with E-state index in [1.807, 2.05) is 24.3 Å². The predicted octanol–water partition coefficient (Wildman–Crippen LogP) is 0.378. The molecule has 8 nitrogen and oxygen atoms in total. The smallest absolute Gasteiger partial charge is 0.332 e. The number of carbonyl (C=O) groups excluding carboxylic acids is 1. The van der Waals surface area contributed by atoms with Crippen LogP contribution in [0.5, 0.6) is 5.75 Å². The van der Waals surface area contributed by atoms with Crippen LogP contribution in [0.15, 0.2) is 33.9 Å². The Hall–Kier alpha value is -2.87. The van der Waals surface area contributed by atoms with Gasteiger partial charge in [-0.2, -0.15) is 0 Å². The number of methoxy groups -OCH3 is 1. The molecular formula is C18H24N4O4. The largest absolute Gasteiger partial charge is 0.497 e. The Labute approximate surface area is 151 Å². The van der Waals surface area contributed by atoms with E-state index >= 15 is 0 Å². The van der Waals surface area contributed by atoms with Crippen LogP contribution in [0.4, 0.5) is 5.82 Å². The first-order valence-electron chi connectivity index (χ1n) is 8.11. The molecule has 0 unspecified atom stereocenters. The first-order valence-corrected chi connectivity index (χ1v) is 8.11. The predicted molar refractivity (Wildman–Crippen MR) is 99.6 cm³/mol. The summed E-state index contributed by atoms with van der Waals surface area (Å²) < 4.78 is 7.19. The number of aromatic nitrogens is 2. The maximum Gasteiger partial charge on any atom is 0.332 e. The van der Waals surface area contributed by atoms with Crippen LogP contribution in [0.1, 0.15) is 22.8 Å². The molecule has 0 spiro atoms. The lowest BCUT2D eigenvalue weighted by atomic mass is 10.1. The zero-order valence-corrected chi connectivity index (χ0v) is 15.6. The maximum atomic E-state index is 12.9. The van der Waals surface area contributed by atoms with Gasteiger partial charge in [-0.25, -0.2) is 4.79 Å². The highest BCUT2D eigenvalue weighted by atomic mass is 16.5. The van der Waals surface area contributed by atoms with Gasteiger partial charge >= 0.3 is 5.69 Å². The Bertz CT molecular complexity index is 945. The van der Waals surface area contributed by atoms with E-state index in [0.29, 0.717) is 6.54 Å². The van der Waals surface area contributed by atoms with Crippen molar-refractivity contribution in [2.24, 2.45) is 14.1 Å². The second kappa shape index (κ2) is 7.57. The number of hydrogen-bond donors (Lipinski definition) is 1. The number of carbonyl (C=O) groups is 1. The Morgan fingerprint density at radius 1 is 1.27 bits per heavy atom. The van der Waals surface area contributed by atoms with Crippen LogP contribution in [0, 0.1) is 0 Å². The molecule has 0 aliphatic heterocycles. The molecule has 0 amide bonds. The van der Waals surface area contributed by atoms with Gasteiger partial charge in [0.15, 0.2) is 5.78 Å². The molecule has 0 aliphatic rings. The molecular weight excluding hydrogens is 336 g/mol. The number of ether oxygens (including phenoxy) is 1. The van der Waals surface area contributed by atoms with Gasteiger partial charge in [0.05, 0.1) is 13.2 Å². The summed E-state index contributed by atoms with van der Waals surface area (Å²) in [5.74, 6) is 0.180. The first kappa shape index (κ1) is 19.5. The number of rotatable bonds is 6. The van der Waals surface area contributed by atoms with Crippen LogP contribution in [0.25, 0.3) is 0 Å². The quantitative estimate of drug-likeness (QED) is 0.748. The minimum Gasteiger partial charge on any atom is -0.497 e. The van der Waals surface area contributed by atoms with Gasteiger partial charge in [-0.05, 0) is 31.7 Å². The van der Waals surface area contributed by atoms with Crippen molar-refractivity contribution >= 4 is 11.6 Å². The lowest BCUT2D eigenvalue weighted by Crippen LogP contribution is -2.45. The molecule has 1 aromatic heterocycles. The number of ketones is 1. The van der Waals surface area contributed by atoms with Crippen LogP contribution < -0.4 is 21.7 Å². The molecule has 0 fully saturated rings. The normalized spacial score (nSPS) is 12.2. The van der Waals surface area contributed by atoms with Crippen LogP contribution in [0.2, 0.25) is 0 Å². The van der Waals surface area contributed by atoms with E-state index in [1.165, 1.54) is 14.1 Å². The number of Topliss-reactive ketones (excluding diaryl/α,β-unsaturated/α-hetero) is 1. The molecule has 0 bridgehead atoms. The number of anilines is 1. The van der Waals surface area contributed by atoms with Gasteiger partial charge in [0.25, 0.3) is 5.56 Å². The monoisotopic (exact) mass is 360 g/mol. The maximum absolute atomic E-state index is 12.9. The van der Waals surface area contributed by atoms with E-state index in [9.17, 15) is 14.4 Å². The summed E-state index contributed by atoms with van der Waals surface area (Å²) in [6.07, 6.45) is 0. The summed E-state index contributed by atoms with van der Waals surface area (Å²) in [5, 5.41) is 0. The van der Waals surface area contributed by atoms with E-state index in [4.69, 9.17) is 10.5 Å². The van der Waals surface area contributed by atoms with Crippen LogP contribution >= 0.6 is 0 Å². The molecule has 1 heterocycles. The Morgan fingerprint density at radius 2 is 1.92 bits per heavy atom. The molecule has 2 rings (SSSR count). The van der Waals surface area contributed by atoms with Crippen molar-refractivity contribution in [2.45, 2.75) is 19.5 Å². The van der Waals surface area contributed by atoms with Crippen molar-refractivity contribution in [3.05, 3.63) is 56.2 Å². The van der Waals surface area contributed by atoms with Gasteiger partial charge in [0.2, 0.25) is 0 Å². The highest BCUT2D eigenvalue weighted by Gasteiger charge is 2.27. The van der Waals surface area contributed by atoms with E-state index in [2.05, 4.69) is 0 Å². The number of hydrogen-bond acceptors (Lipinski definition) is 6. The molecule has 2 aromatic rings. The summed E-state index contributed by atoms with van der Waals surface area (Å²) in [7, 11) is 6.13. The first-order chi connectivity index (χ1) is 12.2. The van der Waals surface area contributed by atoms with Gasteiger partial charge in [0, 0.05) is 20.6 Å². The standard InChI is InChI=1S/C18H24N4O4/c1-11(20(2)10-12-7-6-8-13(9-12)26-5)15(23)14-16(19)21(3)18(25)22(4)17(14)24/h6-9,11H,10,19H2,1-5H3/t11-/m0/s1. The molecule has 1 atom stereocenters. The molecule has 0 saturated heterocycles. The third kappa shape index (κ3) is 3.55. The molecule has 26 heavy (non-hydrogen) atoms. The molecule has 140 valence electrons. The Balaban J connectivity index is 2.32. The van der Waals surface area contributed by atoms with Gasteiger partial charge in [-0.3, -0.25) is 23.6 Å². The van der Waals surface area contributed by atoms with Crippen molar-refractivity contribution in [1.29, 1.82) is 0 Å².